The Kier molecular flexibility index (Phi) is 2.45. The molecule has 3 rings (SSSR count). The van der Waals surface area contributed by atoms with Gasteiger partial charge in [-0.3, -0.25) is 0 Å². The van der Waals surface area contributed by atoms with Crippen molar-refractivity contribution in [3.63, 3.8) is 0 Å². The average molecular weight is 267 g/mol. The summed E-state index contributed by atoms with van der Waals surface area (Å²) < 4.78 is 37.8. The Morgan fingerprint density at radius 3 is 2.56 bits per heavy atom. The highest BCUT2D eigenvalue weighted by molar-refractivity contribution is 7.08. The maximum absolute atomic E-state index is 12.6. The summed E-state index contributed by atoms with van der Waals surface area (Å²) in [7, 11) is 0. The molecule has 1 aromatic carbocycles. The molecule has 0 saturated carbocycles. The Hall–Kier alpha value is -1.75. The van der Waals surface area contributed by atoms with Crippen molar-refractivity contribution >= 4 is 22.2 Å². The summed E-state index contributed by atoms with van der Waals surface area (Å²) in [4.78, 5) is 3.02. The van der Waals surface area contributed by atoms with E-state index in [2.05, 4.69) is 4.98 Å². The molecule has 0 aliphatic carbocycles. The van der Waals surface area contributed by atoms with Crippen LogP contribution < -0.4 is 0 Å². The number of benzene rings is 1. The van der Waals surface area contributed by atoms with E-state index in [0.717, 1.165) is 28.8 Å². The van der Waals surface area contributed by atoms with Gasteiger partial charge in [0.2, 0.25) is 0 Å². The van der Waals surface area contributed by atoms with Crippen LogP contribution >= 0.6 is 11.3 Å². The van der Waals surface area contributed by atoms with Crippen LogP contribution in [0.1, 0.15) is 5.56 Å². The Bertz CT molecular complexity index is 680. The molecule has 0 aliphatic rings. The number of aromatic nitrogens is 1. The van der Waals surface area contributed by atoms with Crippen molar-refractivity contribution < 1.29 is 13.2 Å². The van der Waals surface area contributed by atoms with Gasteiger partial charge in [-0.05, 0) is 29.6 Å². The first-order chi connectivity index (χ1) is 8.54. The van der Waals surface area contributed by atoms with Gasteiger partial charge in [-0.25, -0.2) is 0 Å². The lowest BCUT2D eigenvalue weighted by Gasteiger charge is -2.05. The molecular weight excluding hydrogens is 259 g/mol. The molecule has 0 atom stereocenters. The number of rotatable bonds is 1. The SMILES string of the molecule is FC(F)(F)c1ccc2cc(-c3ccsc3)[nH]c2c1. The van der Waals surface area contributed by atoms with Gasteiger partial charge in [0.1, 0.15) is 0 Å². The number of hydrogen-bond acceptors (Lipinski definition) is 1. The number of aromatic amines is 1. The Balaban J connectivity index is 2.13. The minimum absolute atomic E-state index is 0.506. The van der Waals surface area contributed by atoms with E-state index in [1.165, 1.54) is 6.07 Å². The maximum Gasteiger partial charge on any atom is 0.416 e. The molecule has 2 heterocycles. The fourth-order valence-corrected chi connectivity index (χ4v) is 2.53. The first kappa shape index (κ1) is 11.3. The van der Waals surface area contributed by atoms with Crippen LogP contribution in [0.2, 0.25) is 0 Å². The first-order valence-corrected chi connectivity index (χ1v) is 6.21. The summed E-state index contributed by atoms with van der Waals surface area (Å²) >= 11 is 1.55. The third-order valence-electron chi connectivity index (χ3n) is 2.78. The molecule has 2 aromatic heterocycles. The second-order valence-corrected chi connectivity index (χ2v) is 4.77. The second-order valence-electron chi connectivity index (χ2n) is 3.99. The number of halogens is 3. The molecule has 0 spiro atoms. The standard InChI is InChI=1S/C13H8F3NS/c14-13(15,16)10-2-1-8-5-11(17-12(8)6-10)9-3-4-18-7-9/h1-7,17H. The monoisotopic (exact) mass is 267 g/mol. The molecule has 0 fully saturated rings. The molecule has 0 unspecified atom stereocenters. The summed E-state index contributed by atoms with van der Waals surface area (Å²) in [5, 5.41) is 4.67. The number of hydrogen-bond donors (Lipinski definition) is 1. The molecule has 0 amide bonds. The van der Waals surface area contributed by atoms with Crippen LogP contribution in [0.3, 0.4) is 0 Å². The predicted molar refractivity (Wildman–Crippen MR) is 66.6 cm³/mol. The average Bonchev–Trinajstić information content (AvgIpc) is 2.95. The number of alkyl halides is 3. The van der Waals surface area contributed by atoms with Crippen molar-refractivity contribution in [2.75, 3.05) is 0 Å². The lowest BCUT2D eigenvalue weighted by atomic mass is 10.1. The van der Waals surface area contributed by atoms with Crippen molar-refractivity contribution in [1.82, 2.24) is 4.98 Å². The van der Waals surface area contributed by atoms with E-state index in [9.17, 15) is 13.2 Å². The van der Waals surface area contributed by atoms with Crippen LogP contribution in [-0.4, -0.2) is 4.98 Å². The molecule has 3 aromatic rings. The molecule has 0 saturated heterocycles. The van der Waals surface area contributed by atoms with Gasteiger partial charge in [-0.15, -0.1) is 0 Å². The maximum atomic E-state index is 12.6. The zero-order valence-corrected chi connectivity index (χ0v) is 9.90. The highest BCUT2D eigenvalue weighted by Crippen LogP contribution is 2.33. The molecule has 0 aliphatic heterocycles. The van der Waals surface area contributed by atoms with Gasteiger partial charge in [0.25, 0.3) is 0 Å². The summed E-state index contributed by atoms with van der Waals surface area (Å²) in [6.07, 6.45) is -4.30. The topological polar surface area (TPSA) is 15.8 Å². The lowest BCUT2D eigenvalue weighted by molar-refractivity contribution is -0.137. The number of thiophene rings is 1. The molecule has 18 heavy (non-hydrogen) atoms. The minimum Gasteiger partial charge on any atom is -0.354 e. The van der Waals surface area contributed by atoms with Gasteiger partial charge in [0.15, 0.2) is 0 Å². The van der Waals surface area contributed by atoms with E-state index >= 15 is 0 Å². The normalized spacial score (nSPS) is 12.2. The largest absolute Gasteiger partial charge is 0.416 e. The third kappa shape index (κ3) is 1.90. The van der Waals surface area contributed by atoms with Gasteiger partial charge >= 0.3 is 6.18 Å². The van der Waals surface area contributed by atoms with Crippen LogP contribution in [0.4, 0.5) is 13.2 Å². The summed E-state index contributed by atoms with van der Waals surface area (Å²) in [5.74, 6) is 0. The molecule has 1 nitrogen and oxygen atoms in total. The van der Waals surface area contributed by atoms with Crippen molar-refractivity contribution in [2.45, 2.75) is 6.18 Å². The van der Waals surface area contributed by atoms with Gasteiger partial charge in [0, 0.05) is 27.5 Å². The Morgan fingerprint density at radius 1 is 1.06 bits per heavy atom. The van der Waals surface area contributed by atoms with E-state index in [0.29, 0.717) is 5.52 Å². The lowest BCUT2D eigenvalue weighted by Crippen LogP contribution is -2.03. The van der Waals surface area contributed by atoms with Crippen molar-refractivity contribution in [1.29, 1.82) is 0 Å². The number of nitrogens with one attached hydrogen (secondary N) is 1. The van der Waals surface area contributed by atoms with Gasteiger partial charge in [-0.1, -0.05) is 6.07 Å². The molecular formula is C13H8F3NS. The van der Waals surface area contributed by atoms with E-state index in [1.807, 2.05) is 22.9 Å². The highest BCUT2D eigenvalue weighted by atomic mass is 32.1. The van der Waals surface area contributed by atoms with Gasteiger partial charge in [0.05, 0.1) is 5.56 Å². The third-order valence-corrected chi connectivity index (χ3v) is 3.47. The summed E-state index contributed by atoms with van der Waals surface area (Å²) in [5.41, 5.74) is 1.70. The van der Waals surface area contributed by atoms with Crippen molar-refractivity contribution in [3.8, 4) is 11.3 Å². The molecule has 92 valence electrons. The smallest absolute Gasteiger partial charge is 0.354 e. The highest BCUT2D eigenvalue weighted by Gasteiger charge is 2.30. The van der Waals surface area contributed by atoms with Crippen molar-refractivity contribution in [2.24, 2.45) is 0 Å². The van der Waals surface area contributed by atoms with Gasteiger partial charge in [-0.2, -0.15) is 24.5 Å². The summed E-state index contributed by atoms with van der Waals surface area (Å²) in [6.45, 7) is 0. The molecule has 0 bridgehead atoms. The Labute approximate surface area is 105 Å². The van der Waals surface area contributed by atoms with E-state index in [-0.39, 0.29) is 0 Å². The van der Waals surface area contributed by atoms with E-state index in [4.69, 9.17) is 0 Å². The fraction of sp³-hybridized carbons (Fsp3) is 0.0769. The fourth-order valence-electron chi connectivity index (χ4n) is 1.88. The van der Waals surface area contributed by atoms with Crippen LogP contribution in [0, 0.1) is 0 Å². The van der Waals surface area contributed by atoms with E-state index in [1.54, 1.807) is 11.3 Å². The molecule has 0 radical (unpaired) electrons. The van der Waals surface area contributed by atoms with Crippen LogP contribution in [-0.2, 0) is 6.18 Å². The van der Waals surface area contributed by atoms with Crippen LogP contribution in [0.5, 0.6) is 0 Å². The van der Waals surface area contributed by atoms with E-state index < -0.39 is 11.7 Å². The summed E-state index contributed by atoms with van der Waals surface area (Å²) in [6, 6.07) is 7.53. The predicted octanol–water partition coefficient (Wildman–Crippen LogP) is 4.92. The second kappa shape index (κ2) is 3.88. The zero-order valence-electron chi connectivity index (χ0n) is 9.08. The zero-order chi connectivity index (χ0) is 12.8. The molecule has 1 N–H and O–H groups in total. The quantitative estimate of drug-likeness (QED) is 0.644. The van der Waals surface area contributed by atoms with Gasteiger partial charge < -0.3 is 4.98 Å². The Morgan fingerprint density at radius 2 is 1.89 bits per heavy atom. The molecule has 5 heteroatoms. The minimum atomic E-state index is -4.30. The van der Waals surface area contributed by atoms with Crippen LogP contribution in [0.25, 0.3) is 22.2 Å². The van der Waals surface area contributed by atoms with Crippen molar-refractivity contribution in [3.05, 3.63) is 46.7 Å². The number of fused-ring (bicyclic) bond motifs is 1. The number of H-pyrrole nitrogens is 1. The van der Waals surface area contributed by atoms with Crippen LogP contribution in [0.15, 0.2) is 41.1 Å². The first-order valence-electron chi connectivity index (χ1n) is 5.26.